The van der Waals surface area contributed by atoms with Gasteiger partial charge in [0, 0.05) is 26.2 Å². The van der Waals surface area contributed by atoms with Crippen molar-refractivity contribution in [2.24, 2.45) is 0 Å². The van der Waals surface area contributed by atoms with Crippen LogP contribution in [0.5, 0.6) is 17.5 Å². The zero-order valence-electron chi connectivity index (χ0n) is 24.0. The van der Waals surface area contributed by atoms with Crippen molar-refractivity contribution in [3.63, 3.8) is 0 Å². The number of benzene rings is 2. The fourth-order valence-electron chi connectivity index (χ4n) is 4.89. The van der Waals surface area contributed by atoms with E-state index in [1.54, 1.807) is 24.3 Å². The van der Waals surface area contributed by atoms with Crippen molar-refractivity contribution in [3.8, 4) is 17.5 Å². The zero-order valence-corrected chi connectivity index (χ0v) is 24.8. The van der Waals surface area contributed by atoms with E-state index in [2.05, 4.69) is 19.8 Å². The Balaban J connectivity index is 1.23. The SMILES string of the molecule is COc1cc(/C=C2\SC(=O)N(Cc3ccccc3C)C2=O)ccc1Oc1nc(N2CCOCC2)nc(N2CCOCC2)n1. The molecule has 12 nitrogen and oxygen atoms in total. The summed E-state index contributed by atoms with van der Waals surface area (Å²) in [5.74, 6) is 1.54. The first kappa shape index (κ1) is 28.9. The highest BCUT2D eigenvalue weighted by atomic mass is 32.2. The zero-order chi connectivity index (χ0) is 29.8. The number of methoxy groups -OCH3 is 1. The van der Waals surface area contributed by atoms with Crippen LogP contribution in [0.3, 0.4) is 0 Å². The maximum Gasteiger partial charge on any atom is 0.328 e. The number of nitrogens with zero attached hydrogens (tertiary/aromatic N) is 6. The first-order valence-corrected chi connectivity index (χ1v) is 14.9. The van der Waals surface area contributed by atoms with Crippen molar-refractivity contribution in [3.05, 3.63) is 64.1 Å². The smallest absolute Gasteiger partial charge is 0.328 e. The van der Waals surface area contributed by atoms with Crippen molar-refractivity contribution < 1.29 is 28.5 Å². The van der Waals surface area contributed by atoms with Crippen LogP contribution in [0.4, 0.5) is 16.7 Å². The average Bonchev–Trinajstić information content (AvgIpc) is 3.30. The van der Waals surface area contributed by atoms with Gasteiger partial charge in [0.15, 0.2) is 11.5 Å². The Morgan fingerprint density at radius 1 is 0.884 bits per heavy atom. The molecule has 0 radical (unpaired) electrons. The third-order valence-corrected chi connectivity index (χ3v) is 8.24. The predicted octanol–water partition coefficient (Wildman–Crippen LogP) is 3.89. The molecule has 2 aromatic carbocycles. The number of hydrogen-bond donors (Lipinski definition) is 0. The Morgan fingerprint density at radius 2 is 1.53 bits per heavy atom. The number of anilines is 2. The van der Waals surface area contributed by atoms with Crippen molar-refractivity contribution in [2.75, 3.05) is 69.5 Å². The molecule has 6 rings (SSSR count). The molecule has 3 saturated heterocycles. The van der Waals surface area contributed by atoms with Crippen LogP contribution in [0.15, 0.2) is 47.4 Å². The van der Waals surface area contributed by atoms with E-state index in [0.717, 1.165) is 22.9 Å². The van der Waals surface area contributed by atoms with Gasteiger partial charge >= 0.3 is 6.01 Å². The minimum atomic E-state index is -0.325. The van der Waals surface area contributed by atoms with E-state index >= 15 is 0 Å². The summed E-state index contributed by atoms with van der Waals surface area (Å²) in [4.78, 5) is 45.5. The van der Waals surface area contributed by atoms with Crippen LogP contribution in [0, 0.1) is 6.92 Å². The molecule has 0 aliphatic carbocycles. The lowest BCUT2D eigenvalue weighted by molar-refractivity contribution is -0.123. The lowest BCUT2D eigenvalue weighted by Crippen LogP contribution is -2.40. The van der Waals surface area contributed by atoms with Gasteiger partial charge in [-0.15, -0.1) is 0 Å². The van der Waals surface area contributed by atoms with Crippen LogP contribution in [-0.2, 0) is 20.8 Å². The fourth-order valence-corrected chi connectivity index (χ4v) is 5.73. The van der Waals surface area contributed by atoms with Crippen LogP contribution in [-0.4, -0.2) is 90.7 Å². The minimum Gasteiger partial charge on any atom is -0.493 e. The van der Waals surface area contributed by atoms with Gasteiger partial charge in [0.2, 0.25) is 11.9 Å². The van der Waals surface area contributed by atoms with Crippen LogP contribution < -0.4 is 19.3 Å². The van der Waals surface area contributed by atoms with Crippen molar-refractivity contribution in [1.82, 2.24) is 19.9 Å². The molecule has 1 aromatic heterocycles. The second kappa shape index (κ2) is 13.0. The Kier molecular flexibility index (Phi) is 8.72. The number of carbonyl (C=O) groups excluding carboxylic acids is 2. The number of hydrogen-bond acceptors (Lipinski definition) is 12. The molecule has 4 heterocycles. The van der Waals surface area contributed by atoms with Gasteiger partial charge in [0.25, 0.3) is 11.1 Å². The molecule has 0 N–H and O–H groups in total. The van der Waals surface area contributed by atoms with Gasteiger partial charge in [-0.25, -0.2) is 0 Å². The van der Waals surface area contributed by atoms with Gasteiger partial charge < -0.3 is 28.7 Å². The first-order chi connectivity index (χ1) is 21.0. The number of aromatic nitrogens is 3. The maximum atomic E-state index is 13.1. The van der Waals surface area contributed by atoms with Crippen molar-refractivity contribution in [2.45, 2.75) is 13.5 Å². The number of ether oxygens (including phenoxy) is 4. The molecule has 0 atom stereocenters. The predicted molar refractivity (Wildman–Crippen MR) is 162 cm³/mol. The summed E-state index contributed by atoms with van der Waals surface area (Å²) in [6.45, 7) is 7.23. The quantitative estimate of drug-likeness (QED) is 0.347. The second-order valence-electron chi connectivity index (χ2n) is 10.1. The second-order valence-corrected chi connectivity index (χ2v) is 11.1. The van der Waals surface area contributed by atoms with Crippen molar-refractivity contribution in [1.29, 1.82) is 0 Å². The molecule has 3 aromatic rings. The van der Waals surface area contributed by atoms with E-state index in [9.17, 15) is 9.59 Å². The minimum absolute atomic E-state index is 0.140. The number of imide groups is 1. The molecule has 0 saturated carbocycles. The van der Waals surface area contributed by atoms with E-state index in [4.69, 9.17) is 23.9 Å². The molecule has 0 bridgehead atoms. The molecule has 43 heavy (non-hydrogen) atoms. The highest BCUT2D eigenvalue weighted by molar-refractivity contribution is 8.18. The standard InChI is InChI=1S/C30H32N6O6S/c1-20-5-3-4-6-22(20)19-36-26(37)25(43-30(36)38)18-21-7-8-23(24(17-21)39-2)42-29-32-27(34-9-13-40-14-10-34)31-28(33-29)35-11-15-41-16-12-35/h3-8,17-18H,9-16,19H2,1-2H3/b25-18-. The number of amides is 2. The van der Waals surface area contributed by atoms with Gasteiger partial charge in [-0.05, 0) is 53.6 Å². The lowest BCUT2D eigenvalue weighted by atomic mass is 10.1. The number of thioether (sulfide) groups is 1. The van der Waals surface area contributed by atoms with E-state index in [0.29, 0.717) is 86.5 Å². The number of carbonyl (C=O) groups is 2. The van der Waals surface area contributed by atoms with Crippen molar-refractivity contribution >= 4 is 40.9 Å². The van der Waals surface area contributed by atoms with Gasteiger partial charge in [-0.1, -0.05) is 30.3 Å². The van der Waals surface area contributed by atoms with Crippen LogP contribution >= 0.6 is 11.8 Å². The first-order valence-electron chi connectivity index (χ1n) is 14.1. The molecule has 13 heteroatoms. The van der Waals surface area contributed by atoms with Crippen LogP contribution in [0.1, 0.15) is 16.7 Å². The molecular weight excluding hydrogens is 572 g/mol. The molecular formula is C30H32N6O6S. The summed E-state index contributed by atoms with van der Waals surface area (Å²) in [5, 5.41) is -0.298. The van der Waals surface area contributed by atoms with Crippen LogP contribution in [0.25, 0.3) is 6.08 Å². The largest absolute Gasteiger partial charge is 0.493 e. The maximum absolute atomic E-state index is 13.1. The van der Waals surface area contributed by atoms with Gasteiger partial charge in [0.1, 0.15) is 0 Å². The topological polar surface area (TPSA) is 119 Å². The molecule has 0 unspecified atom stereocenters. The van der Waals surface area contributed by atoms with E-state index in [1.165, 1.54) is 12.0 Å². The van der Waals surface area contributed by atoms with Gasteiger partial charge in [0.05, 0.1) is 45.0 Å². The summed E-state index contributed by atoms with van der Waals surface area (Å²) in [6.07, 6.45) is 1.69. The van der Waals surface area contributed by atoms with E-state index < -0.39 is 0 Å². The fraction of sp³-hybridized carbons (Fsp3) is 0.367. The third kappa shape index (κ3) is 6.58. The average molecular weight is 605 g/mol. The highest BCUT2D eigenvalue weighted by Crippen LogP contribution is 2.36. The summed E-state index contributed by atoms with van der Waals surface area (Å²) < 4.78 is 22.8. The van der Waals surface area contributed by atoms with Crippen LogP contribution in [0.2, 0.25) is 0 Å². The third-order valence-electron chi connectivity index (χ3n) is 7.33. The molecule has 0 spiro atoms. The molecule has 224 valence electrons. The van der Waals surface area contributed by atoms with Gasteiger partial charge in [-0.2, -0.15) is 15.0 Å². The summed E-state index contributed by atoms with van der Waals surface area (Å²) in [5.41, 5.74) is 2.64. The Bertz CT molecular complexity index is 1500. The molecule has 3 aliphatic heterocycles. The molecule has 3 aliphatic rings. The highest BCUT2D eigenvalue weighted by Gasteiger charge is 2.35. The summed E-state index contributed by atoms with van der Waals surface area (Å²) >= 11 is 0.925. The molecule has 3 fully saturated rings. The number of aryl methyl sites for hydroxylation is 1. The lowest BCUT2D eigenvalue weighted by Gasteiger charge is -2.30. The Labute approximate surface area is 253 Å². The number of morpholine rings is 2. The number of rotatable bonds is 8. The summed E-state index contributed by atoms with van der Waals surface area (Å²) in [6, 6.07) is 13.1. The van der Waals surface area contributed by atoms with Gasteiger partial charge in [-0.3, -0.25) is 14.5 Å². The van der Waals surface area contributed by atoms with E-state index in [1.807, 2.05) is 31.2 Å². The van der Waals surface area contributed by atoms with E-state index in [-0.39, 0.29) is 23.7 Å². The Morgan fingerprint density at radius 3 is 2.16 bits per heavy atom. The monoisotopic (exact) mass is 604 g/mol. The normalized spacial score (nSPS) is 18.5. The molecule has 2 amide bonds. The Hall–Kier alpha value is -4.20. The summed E-state index contributed by atoms with van der Waals surface area (Å²) in [7, 11) is 1.54.